The van der Waals surface area contributed by atoms with Gasteiger partial charge in [-0.25, -0.2) is 14.4 Å². The summed E-state index contributed by atoms with van der Waals surface area (Å²) in [5.41, 5.74) is 1.46. The van der Waals surface area contributed by atoms with Crippen LogP contribution in [0, 0.1) is 12.7 Å². The maximum atomic E-state index is 15.1. The van der Waals surface area contributed by atoms with E-state index >= 15 is 4.39 Å². The van der Waals surface area contributed by atoms with Gasteiger partial charge in [-0.1, -0.05) is 19.1 Å². The zero-order valence-electron chi connectivity index (χ0n) is 21.3. The van der Waals surface area contributed by atoms with Crippen LogP contribution >= 0.6 is 0 Å². The Hall–Kier alpha value is -2.68. The first-order chi connectivity index (χ1) is 17.0. The number of aromatic nitrogens is 2. The van der Waals surface area contributed by atoms with Crippen LogP contribution in [0.1, 0.15) is 74.3 Å². The molecule has 3 heterocycles. The van der Waals surface area contributed by atoms with Gasteiger partial charge in [-0.05, 0) is 51.2 Å². The third-order valence-corrected chi connectivity index (χ3v) is 7.97. The second-order valence-electron chi connectivity index (χ2n) is 11.3. The van der Waals surface area contributed by atoms with Crippen molar-refractivity contribution in [3.05, 3.63) is 52.7 Å². The standard InChI is InChI=1S/C27H34F3N5O/c1-16-5-6-18(19(28)13-16)22(20-7-8-26(3,4)33-20)25(36)35-11-9-34(10-12-35)24-21-17(2)14-27(29,30)23(21)31-15-32-24/h5-6,13,15,17,20,22,33H,7-12,14H2,1-4H3/t17-,20+,22+/m1/s1. The van der Waals surface area contributed by atoms with E-state index in [4.69, 9.17) is 0 Å². The van der Waals surface area contributed by atoms with E-state index in [0.29, 0.717) is 43.1 Å². The number of piperazine rings is 1. The number of fused-ring (bicyclic) bond motifs is 1. The molecule has 36 heavy (non-hydrogen) atoms. The Morgan fingerprint density at radius 3 is 2.53 bits per heavy atom. The molecule has 1 aromatic heterocycles. The molecule has 9 heteroatoms. The number of aryl methyl sites for hydroxylation is 1. The van der Waals surface area contributed by atoms with Gasteiger partial charge in [0.2, 0.25) is 5.91 Å². The van der Waals surface area contributed by atoms with Crippen LogP contribution < -0.4 is 10.2 Å². The smallest absolute Gasteiger partial charge is 0.290 e. The molecule has 0 bridgehead atoms. The number of carbonyl (C=O) groups excluding carboxylic acids is 1. The van der Waals surface area contributed by atoms with Crippen LogP contribution in [0.5, 0.6) is 0 Å². The van der Waals surface area contributed by atoms with Gasteiger partial charge in [-0.3, -0.25) is 4.79 Å². The molecule has 1 N–H and O–H groups in total. The van der Waals surface area contributed by atoms with Gasteiger partial charge in [0.25, 0.3) is 5.92 Å². The van der Waals surface area contributed by atoms with E-state index in [1.165, 1.54) is 12.4 Å². The molecule has 2 aliphatic heterocycles. The highest BCUT2D eigenvalue weighted by molar-refractivity contribution is 5.85. The molecule has 194 valence electrons. The van der Waals surface area contributed by atoms with E-state index in [2.05, 4.69) is 29.1 Å². The SMILES string of the molecule is Cc1ccc([C@H](C(=O)N2CCN(c3ncnc4c3[C@H](C)CC4(F)F)CC2)[C@@H]2CCC(C)(C)N2)c(F)c1. The summed E-state index contributed by atoms with van der Waals surface area (Å²) in [7, 11) is 0. The zero-order chi connectivity index (χ0) is 25.8. The van der Waals surface area contributed by atoms with Crippen molar-refractivity contribution in [1.82, 2.24) is 20.2 Å². The number of hydrogen-bond acceptors (Lipinski definition) is 5. The summed E-state index contributed by atoms with van der Waals surface area (Å²) in [4.78, 5) is 25.9. The zero-order valence-corrected chi connectivity index (χ0v) is 21.3. The number of alkyl halides is 2. The Morgan fingerprint density at radius 1 is 1.17 bits per heavy atom. The van der Waals surface area contributed by atoms with Gasteiger partial charge in [0.15, 0.2) is 0 Å². The van der Waals surface area contributed by atoms with Gasteiger partial charge < -0.3 is 15.1 Å². The minimum Gasteiger partial charge on any atom is -0.353 e. The lowest BCUT2D eigenvalue weighted by atomic mass is 9.88. The summed E-state index contributed by atoms with van der Waals surface area (Å²) in [6.45, 7) is 9.60. The first-order valence-corrected chi connectivity index (χ1v) is 12.8. The van der Waals surface area contributed by atoms with Crippen LogP contribution in [-0.2, 0) is 10.7 Å². The van der Waals surface area contributed by atoms with E-state index in [9.17, 15) is 13.6 Å². The minimum absolute atomic E-state index is 0.0968. The molecular weight excluding hydrogens is 467 g/mol. The third-order valence-electron chi connectivity index (χ3n) is 7.97. The maximum Gasteiger partial charge on any atom is 0.290 e. The lowest BCUT2D eigenvalue weighted by Gasteiger charge is -2.39. The van der Waals surface area contributed by atoms with E-state index in [-0.39, 0.29) is 41.3 Å². The quantitative estimate of drug-likeness (QED) is 0.669. The molecule has 1 aromatic carbocycles. The largest absolute Gasteiger partial charge is 0.353 e. The maximum absolute atomic E-state index is 15.1. The number of carbonyl (C=O) groups is 1. The Balaban J connectivity index is 1.37. The van der Waals surface area contributed by atoms with E-state index in [1.807, 2.05) is 17.9 Å². The molecule has 0 unspecified atom stereocenters. The monoisotopic (exact) mass is 501 g/mol. The highest BCUT2D eigenvalue weighted by atomic mass is 19.3. The van der Waals surface area contributed by atoms with Crippen molar-refractivity contribution in [3.8, 4) is 0 Å². The molecule has 0 radical (unpaired) electrons. The molecule has 0 spiro atoms. The van der Waals surface area contributed by atoms with Crippen molar-refractivity contribution < 1.29 is 18.0 Å². The molecular formula is C27H34F3N5O. The molecule has 1 amide bonds. The third kappa shape index (κ3) is 4.46. The number of benzene rings is 1. The van der Waals surface area contributed by atoms with Crippen molar-refractivity contribution in [2.45, 2.75) is 76.3 Å². The van der Waals surface area contributed by atoms with Gasteiger partial charge in [0.1, 0.15) is 23.7 Å². The topological polar surface area (TPSA) is 61.4 Å². The van der Waals surface area contributed by atoms with Crippen LogP contribution in [0.4, 0.5) is 19.0 Å². The molecule has 2 saturated heterocycles. The molecule has 2 aromatic rings. The molecule has 0 saturated carbocycles. The molecule has 5 rings (SSSR count). The molecule has 6 nitrogen and oxygen atoms in total. The summed E-state index contributed by atoms with van der Waals surface area (Å²) in [5, 5.41) is 3.55. The van der Waals surface area contributed by atoms with Crippen molar-refractivity contribution in [2.75, 3.05) is 31.1 Å². The van der Waals surface area contributed by atoms with Gasteiger partial charge in [0, 0.05) is 55.3 Å². The number of hydrogen-bond donors (Lipinski definition) is 1. The summed E-state index contributed by atoms with van der Waals surface area (Å²) >= 11 is 0. The Morgan fingerprint density at radius 2 is 1.89 bits per heavy atom. The summed E-state index contributed by atoms with van der Waals surface area (Å²) in [5.74, 6) is -3.82. The molecule has 3 atom stereocenters. The molecule has 1 aliphatic carbocycles. The van der Waals surface area contributed by atoms with E-state index < -0.39 is 11.8 Å². The number of halogens is 3. The first kappa shape index (κ1) is 25.0. The second-order valence-corrected chi connectivity index (χ2v) is 11.3. The van der Waals surface area contributed by atoms with Gasteiger partial charge >= 0.3 is 0 Å². The number of nitrogens with one attached hydrogen (secondary N) is 1. The van der Waals surface area contributed by atoms with Gasteiger partial charge in [0.05, 0.1) is 5.92 Å². The van der Waals surface area contributed by atoms with Crippen molar-refractivity contribution >= 4 is 11.7 Å². The Bertz CT molecular complexity index is 1160. The second kappa shape index (κ2) is 9.01. The lowest BCUT2D eigenvalue weighted by molar-refractivity contribution is -0.133. The van der Waals surface area contributed by atoms with Crippen molar-refractivity contribution in [2.24, 2.45) is 0 Å². The lowest BCUT2D eigenvalue weighted by Crippen LogP contribution is -2.53. The van der Waals surface area contributed by atoms with Crippen LogP contribution in [0.2, 0.25) is 0 Å². The van der Waals surface area contributed by atoms with Crippen LogP contribution in [0.25, 0.3) is 0 Å². The normalized spacial score (nSPS) is 25.6. The summed E-state index contributed by atoms with van der Waals surface area (Å²) in [6.07, 6.45) is 2.64. The highest BCUT2D eigenvalue weighted by Gasteiger charge is 2.47. The van der Waals surface area contributed by atoms with Crippen molar-refractivity contribution in [3.63, 3.8) is 0 Å². The number of anilines is 1. The Kier molecular flexibility index (Phi) is 6.25. The predicted octanol–water partition coefficient (Wildman–Crippen LogP) is 4.49. The van der Waals surface area contributed by atoms with Gasteiger partial charge in [-0.2, -0.15) is 8.78 Å². The fraction of sp³-hybridized carbons (Fsp3) is 0.593. The predicted molar refractivity (Wildman–Crippen MR) is 132 cm³/mol. The van der Waals surface area contributed by atoms with Crippen LogP contribution in [0.15, 0.2) is 24.5 Å². The summed E-state index contributed by atoms with van der Waals surface area (Å²) < 4.78 is 43.9. The van der Waals surface area contributed by atoms with Gasteiger partial charge in [-0.15, -0.1) is 0 Å². The number of nitrogens with zero attached hydrogens (tertiary/aromatic N) is 4. The first-order valence-electron chi connectivity index (χ1n) is 12.8. The van der Waals surface area contributed by atoms with E-state index in [0.717, 1.165) is 18.4 Å². The summed E-state index contributed by atoms with van der Waals surface area (Å²) in [6, 6.07) is 4.92. The number of rotatable bonds is 4. The highest BCUT2D eigenvalue weighted by Crippen LogP contribution is 2.49. The van der Waals surface area contributed by atoms with Crippen LogP contribution in [0.3, 0.4) is 0 Å². The average molecular weight is 502 g/mol. The average Bonchev–Trinajstić information content (AvgIpc) is 3.30. The minimum atomic E-state index is -2.95. The van der Waals surface area contributed by atoms with Crippen LogP contribution in [-0.4, -0.2) is 58.5 Å². The molecule has 3 aliphatic rings. The molecule has 2 fully saturated rings. The Labute approximate surface area is 210 Å². The fourth-order valence-corrected chi connectivity index (χ4v) is 6.12. The fourth-order valence-electron chi connectivity index (χ4n) is 6.12. The number of amides is 1. The van der Waals surface area contributed by atoms with E-state index in [1.54, 1.807) is 17.9 Å². The van der Waals surface area contributed by atoms with Crippen molar-refractivity contribution in [1.29, 1.82) is 0 Å².